The fraction of sp³-hybridized carbons (Fsp3) is 0.400. The maximum atomic E-state index is 11.6. The van der Waals surface area contributed by atoms with Gasteiger partial charge in [0, 0.05) is 16.7 Å². The number of nitrogens with two attached hydrogens (primary N) is 1. The van der Waals surface area contributed by atoms with Crippen LogP contribution in [0.25, 0.3) is 0 Å². The molecule has 1 atom stereocenters. The Bertz CT molecular complexity index is 292. The highest BCUT2D eigenvalue weighted by Gasteiger charge is 2.07. The van der Waals surface area contributed by atoms with E-state index < -0.39 is 10.8 Å². The van der Waals surface area contributed by atoms with Crippen molar-refractivity contribution in [2.24, 2.45) is 5.73 Å². The lowest BCUT2D eigenvalue weighted by Gasteiger charge is -2.05. The molecule has 0 heterocycles. The van der Waals surface area contributed by atoms with Gasteiger partial charge in [-0.3, -0.25) is 4.21 Å². The molecular weight excluding hydrogens is 182 g/mol. The minimum absolute atomic E-state index is 0.170. The molecule has 0 fully saturated rings. The van der Waals surface area contributed by atoms with Crippen molar-refractivity contribution in [1.29, 1.82) is 0 Å². The number of hydrogen-bond donors (Lipinski definition) is 1. The van der Waals surface area contributed by atoms with E-state index in [1.807, 2.05) is 38.1 Å². The molecule has 1 rings (SSSR count). The summed E-state index contributed by atoms with van der Waals surface area (Å²) in [6.07, 6.45) is 0. The molecule has 2 nitrogen and oxygen atoms in total. The van der Waals surface area contributed by atoms with Crippen molar-refractivity contribution in [3.8, 4) is 0 Å². The van der Waals surface area contributed by atoms with E-state index in [4.69, 9.17) is 5.73 Å². The molecule has 13 heavy (non-hydrogen) atoms. The summed E-state index contributed by atoms with van der Waals surface area (Å²) in [5, 5.41) is 0.170. The molecule has 0 radical (unpaired) electrons. The molecule has 0 saturated carbocycles. The largest absolute Gasteiger partial charge is 0.326 e. The van der Waals surface area contributed by atoms with Crippen molar-refractivity contribution in [2.45, 2.75) is 30.5 Å². The zero-order valence-corrected chi connectivity index (χ0v) is 8.80. The maximum absolute atomic E-state index is 11.6. The van der Waals surface area contributed by atoms with Crippen LogP contribution >= 0.6 is 0 Å². The van der Waals surface area contributed by atoms with Gasteiger partial charge in [-0.05, 0) is 17.7 Å². The monoisotopic (exact) mass is 197 g/mol. The van der Waals surface area contributed by atoms with Crippen molar-refractivity contribution < 1.29 is 4.21 Å². The quantitative estimate of drug-likeness (QED) is 0.801. The lowest BCUT2D eigenvalue weighted by atomic mass is 10.2. The van der Waals surface area contributed by atoms with Crippen LogP contribution in [0.5, 0.6) is 0 Å². The second-order valence-corrected chi connectivity index (χ2v) is 5.20. The second kappa shape index (κ2) is 4.53. The Balaban J connectivity index is 2.86. The zero-order valence-electron chi connectivity index (χ0n) is 7.99. The Kier molecular flexibility index (Phi) is 3.63. The first kappa shape index (κ1) is 10.4. The topological polar surface area (TPSA) is 43.1 Å². The van der Waals surface area contributed by atoms with Gasteiger partial charge in [-0.1, -0.05) is 26.0 Å². The summed E-state index contributed by atoms with van der Waals surface area (Å²) in [6, 6.07) is 7.63. The van der Waals surface area contributed by atoms with Crippen LogP contribution in [-0.2, 0) is 17.3 Å². The van der Waals surface area contributed by atoms with E-state index in [2.05, 4.69) is 0 Å². The van der Waals surface area contributed by atoms with Crippen LogP contribution < -0.4 is 5.73 Å². The summed E-state index contributed by atoms with van der Waals surface area (Å²) in [5.41, 5.74) is 6.53. The van der Waals surface area contributed by atoms with Gasteiger partial charge in [-0.25, -0.2) is 0 Å². The number of benzene rings is 1. The van der Waals surface area contributed by atoms with Crippen molar-refractivity contribution in [3.05, 3.63) is 29.8 Å². The maximum Gasteiger partial charge on any atom is 0.0555 e. The molecular formula is C10H15NOS. The molecule has 0 aliphatic heterocycles. The Morgan fingerprint density at radius 3 is 2.23 bits per heavy atom. The molecule has 0 aromatic heterocycles. The summed E-state index contributed by atoms with van der Waals surface area (Å²) in [7, 11) is -0.886. The van der Waals surface area contributed by atoms with Gasteiger partial charge in [0.15, 0.2) is 0 Å². The van der Waals surface area contributed by atoms with Gasteiger partial charge in [0.2, 0.25) is 0 Å². The molecule has 1 unspecified atom stereocenters. The summed E-state index contributed by atoms with van der Waals surface area (Å²) >= 11 is 0. The van der Waals surface area contributed by atoms with Crippen LogP contribution in [0.15, 0.2) is 29.2 Å². The highest BCUT2D eigenvalue weighted by Crippen LogP contribution is 2.11. The molecule has 0 amide bonds. The third-order valence-corrected chi connectivity index (χ3v) is 3.41. The Hall–Kier alpha value is -0.670. The van der Waals surface area contributed by atoms with Gasteiger partial charge < -0.3 is 5.73 Å². The van der Waals surface area contributed by atoms with E-state index >= 15 is 0 Å². The molecule has 2 N–H and O–H groups in total. The van der Waals surface area contributed by atoms with E-state index in [9.17, 15) is 4.21 Å². The highest BCUT2D eigenvalue weighted by atomic mass is 32.2. The van der Waals surface area contributed by atoms with Crippen LogP contribution in [0.4, 0.5) is 0 Å². The van der Waals surface area contributed by atoms with Crippen molar-refractivity contribution in [2.75, 3.05) is 0 Å². The number of hydrogen-bond acceptors (Lipinski definition) is 2. The van der Waals surface area contributed by atoms with Crippen LogP contribution in [0.1, 0.15) is 19.4 Å². The normalized spacial score (nSPS) is 13.2. The average Bonchev–Trinajstić information content (AvgIpc) is 2.17. The minimum atomic E-state index is -0.886. The Morgan fingerprint density at radius 1 is 1.31 bits per heavy atom. The summed E-state index contributed by atoms with van der Waals surface area (Å²) < 4.78 is 11.6. The van der Waals surface area contributed by atoms with Crippen LogP contribution in [0.2, 0.25) is 0 Å². The molecule has 0 spiro atoms. The minimum Gasteiger partial charge on any atom is -0.326 e. The van der Waals surface area contributed by atoms with Gasteiger partial charge in [0.1, 0.15) is 0 Å². The third-order valence-electron chi connectivity index (χ3n) is 1.82. The molecule has 0 aliphatic rings. The average molecular weight is 197 g/mol. The van der Waals surface area contributed by atoms with E-state index in [1.165, 1.54) is 0 Å². The Labute approximate surface area is 81.6 Å². The summed E-state index contributed by atoms with van der Waals surface area (Å²) in [6.45, 7) is 4.44. The molecule has 0 bridgehead atoms. The van der Waals surface area contributed by atoms with E-state index in [-0.39, 0.29) is 5.25 Å². The highest BCUT2D eigenvalue weighted by molar-refractivity contribution is 7.85. The molecule has 72 valence electrons. The van der Waals surface area contributed by atoms with Crippen molar-refractivity contribution in [3.63, 3.8) is 0 Å². The predicted octanol–water partition coefficient (Wildman–Crippen LogP) is 1.66. The van der Waals surface area contributed by atoms with Crippen LogP contribution in [0.3, 0.4) is 0 Å². The fourth-order valence-electron chi connectivity index (χ4n) is 1.03. The van der Waals surface area contributed by atoms with E-state index in [0.717, 1.165) is 10.5 Å². The SMILES string of the molecule is CC(C)S(=O)c1ccc(CN)cc1. The fourth-order valence-corrected chi connectivity index (χ4v) is 1.98. The van der Waals surface area contributed by atoms with Gasteiger partial charge in [-0.2, -0.15) is 0 Å². The molecule has 1 aromatic rings. The van der Waals surface area contributed by atoms with Gasteiger partial charge >= 0.3 is 0 Å². The first-order chi connectivity index (χ1) is 6.15. The van der Waals surface area contributed by atoms with Gasteiger partial charge in [0.25, 0.3) is 0 Å². The third kappa shape index (κ3) is 2.64. The molecule has 1 aromatic carbocycles. The van der Waals surface area contributed by atoms with Gasteiger partial charge in [0.05, 0.1) is 10.8 Å². The second-order valence-electron chi connectivity index (χ2n) is 3.19. The first-order valence-corrected chi connectivity index (χ1v) is 5.56. The molecule has 0 saturated heterocycles. The first-order valence-electron chi connectivity index (χ1n) is 4.34. The predicted molar refractivity (Wildman–Crippen MR) is 55.9 cm³/mol. The molecule has 0 aliphatic carbocycles. The zero-order chi connectivity index (χ0) is 9.84. The van der Waals surface area contributed by atoms with Crippen molar-refractivity contribution in [1.82, 2.24) is 0 Å². The lowest BCUT2D eigenvalue weighted by molar-refractivity contribution is 0.676. The van der Waals surface area contributed by atoms with Crippen LogP contribution in [0, 0.1) is 0 Å². The molecule has 3 heteroatoms. The van der Waals surface area contributed by atoms with E-state index in [0.29, 0.717) is 6.54 Å². The van der Waals surface area contributed by atoms with Crippen molar-refractivity contribution >= 4 is 10.8 Å². The number of rotatable bonds is 3. The summed E-state index contributed by atoms with van der Waals surface area (Å²) in [4.78, 5) is 0.882. The Morgan fingerprint density at radius 2 is 1.85 bits per heavy atom. The standard InChI is InChI=1S/C10H15NOS/c1-8(2)13(12)10-5-3-9(7-11)4-6-10/h3-6,8H,7,11H2,1-2H3. The lowest BCUT2D eigenvalue weighted by Crippen LogP contribution is -2.05. The van der Waals surface area contributed by atoms with Crippen LogP contribution in [-0.4, -0.2) is 9.46 Å². The van der Waals surface area contributed by atoms with E-state index in [1.54, 1.807) is 0 Å². The van der Waals surface area contributed by atoms with Gasteiger partial charge in [-0.15, -0.1) is 0 Å². The smallest absolute Gasteiger partial charge is 0.0555 e. The summed E-state index contributed by atoms with van der Waals surface area (Å²) in [5.74, 6) is 0.